The average Bonchev–Trinajstić information content (AvgIpc) is 2.70. The summed E-state index contributed by atoms with van der Waals surface area (Å²) in [6.45, 7) is -1.47. The predicted molar refractivity (Wildman–Crippen MR) is 123 cm³/mol. The van der Waals surface area contributed by atoms with Crippen LogP contribution in [0.3, 0.4) is 0 Å². The van der Waals surface area contributed by atoms with Gasteiger partial charge in [0, 0.05) is 20.1 Å². The number of methoxy groups -OCH3 is 1. The first-order valence-electron chi connectivity index (χ1n) is 9.22. The molecule has 29 heavy (non-hydrogen) atoms. The number of nitrogens with one attached hydrogen (secondary N) is 2. The van der Waals surface area contributed by atoms with E-state index in [1.54, 1.807) is 19.2 Å². The van der Waals surface area contributed by atoms with Crippen molar-refractivity contribution in [3.05, 3.63) is 59.7 Å². The molecule has 2 aromatic carbocycles. The Morgan fingerprint density at radius 1 is 0.966 bits per heavy atom. The van der Waals surface area contributed by atoms with Crippen molar-refractivity contribution < 1.29 is 18.3 Å². The number of aryl methyl sites for hydroxylation is 1. The van der Waals surface area contributed by atoms with Crippen LogP contribution >= 0.6 is 24.0 Å². The van der Waals surface area contributed by atoms with Crippen LogP contribution in [0.25, 0.3) is 0 Å². The zero-order valence-electron chi connectivity index (χ0n) is 16.7. The normalized spacial score (nSPS) is 11.0. The van der Waals surface area contributed by atoms with E-state index in [0.29, 0.717) is 18.9 Å². The van der Waals surface area contributed by atoms with Crippen LogP contribution < -0.4 is 20.1 Å². The quantitative estimate of drug-likeness (QED) is 0.213. The minimum atomic E-state index is -2.89. The molecule has 160 valence electrons. The molecule has 2 rings (SSSR count). The number of hydrogen-bond acceptors (Lipinski definition) is 3. The number of halogens is 3. The van der Waals surface area contributed by atoms with Crippen LogP contribution in [0.2, 0.25) is 0 Å². The van der Waals surface area contributed by atoms with E-state index in [4.69, 9.17) is 4.74 Å². The molecule has 0 heterocycles. The maximum absolute atomic E-state index is 12.5. The van der Waals surface area contributed by atoms with Gasteiger partial charge >= 0.3 is 6.61 Å². The fourth-order valence-corrected chi connectivity index (χ4v) is 2.75. The fraction of sp³-hybridized carbons (Fsp3) is 0.381. The Morgan fingerprint density at radius 2 is 1.69 bits per heavy atom. The van der Waals surface area contributed by atoms with Crippen molar-refractivity contribution in [3.63, 3.8) is 0 Å². The smallest absolute Gasteiger partial charge is 0.387 e. The summed E-state index contributed by atoms with van der Waals surface area (Å²) in [5.41, 5.74) is 2.18. The van der Waals surface area contributed by atoms with Gasteiger partial charge in [-0.2, -0.15) is 8.78 Å². The summed E-state index contributed by atoms with van der Waals surface area (Å²) in [7, 11) is 3.14. The third-order valence-corrected chi connectivity index (χ3v) is 4.15. The maximum atomic E-state index is 12.5. The Balaban J connectivity index is 0.00000420. The molecule has 0 aliphatic rings. The van der Waals surface area contributed by atoms with Crippen molar-refractivity contribution in [2.45, 2.75) is 25.9 Å². The zero-order chi connectivity index (χ0) is 20.2. The molecule has 2 aromatic rings. The summed E-state index contributed by atoms with van der Waals surface area (Å²) in [6, 6.07) is 15.4. The molecule has 2 N–H and O–H groups in total. The lowest BCUT2D eigenvalue weighted by atomic mass is 10.1. The summed E-state index contributed by atoms with van der Waals surface area (Å²) in [5, 5.41) is 6.50. The minimum Gasteiger partial charge on any atom is -0.493 e. The lowest BCUT2D eigenvalue weighted by Gasteiger charge is -2.13. The van der Waals surface area contributed by atoms with E-state index in [1.807, 2.05) is 24.3 Å². The Hall–Kier alpha value is -2.10. The zero-order valence-corrected chi connectivity index (χ0v) is 19.0. The van der Waals surface area contributed by atoms with Gasteiger partial charge in [-0.15, -0.1) is 24.0 Å². The van der Waals surface area contributed by atoms with Gasteiger partial charge in [-0.05, 0) is 42.5 Å². The summed E-state index contributed by atoms with van der Waals surface area (Å²) >= 11 is 0. The molecule has 0 aliphatic carbocycles. The molecule has 8 heteroatoms. The van der Waals surface area contributed by atoms with Gasteiger partial charge in [0.2, 0.25) is 0 Å². The fourth-order valence-electron chi connectivity index (χ4n) is 2.75. The van der Waals surface area contributed by atoms with Crippen LogP contribution in [-0.4, -0.2) is 39.8 Å². The molecule has 0 atom stereocenters. The van der Waals surface area contributed by atoms with E-state index in [0.717, 1.165) is 24.9 Å². The number of guanidine groups is 1. The average molecular weight is 519 g/mol. The van der Waals surface area contributed by atoms with E-state index in [2.05, 4.69) is 32.5 Å². The second-order valence-electron chi connectivity index (χ2n) is 6.13. The highest BCUT2D eigenvalue weighted by Gasteiger charge is 2.11. The van der Waals surface area contributed by atoms with Gasteiger partial charge in [-0.3, -0.25) is 4.99 Å². The summed E-state index contributed by atoms with van der Waals surface area (Å²) in [6.07, 6.45) is 2.63. The first-order chi connectivity index (χ1) is 13.6. The minimum absolute atomic E-state index is 0. The van der Waals surface area contributed by atoms with Gasteiger partial charge < -0.3 is 20.1 Å². The monoisotopic (exact) mass is 519 g/mol. The van der Waals surface area contributed by atoms with E-state index in [-0.39, 0.29) is 35.5 Å². The van der Waals surface area contributed by atoms with E-state index >= 15 is 0 Å². The van der Waals surface area contributed by atoms with E-state index in [9.17, 15) is 8.78 Å². The van der Waals surface area contributed by atoms with Crippen molar-refractivity contribution >= 4 is 29.9 Å². The number of alkyl halides is 2. The Kier molecular flexibility index (Phi) is 12.0. The number of benzene rings is 2. The van der Waals surface area contributed by atoms with Gasteiger partial charge in [0.15, 0.2) is 17.5 Å². The molecule has 0 amide bonds. The summed E-state index contributed by atoms with van der Waals surface area (Å²) in [5.74, 6) is 1.04. The lowest BCUT2D eigenvalue weighted by molar-refractivity contribution is -0.0512. The van der Waals surface area contributed by atoms with Crippen molar-refractivity contribution in [1.82, 2.24) is 10.6 Å². The van der Waals surface area contributed by atoms with Crippen molar-refractivity contribution in [2.75, 3.05) is 27.2 Å². The third-order valence-electron chi connectivity index (χ3n) is 4.15. The first kappa shape index (κ1) is 24.9. The molecule has 0 saturated carbocycles. The van der Waals surface area contributed by atoms with E-state index < -0.39 is 6.61 Å². The second-order valence-corrected chi connectivity index (χ2v) is 6.13. The van der Waals surface area contributed by atoms with Crippen LogP contribution in [-0.2, 0) is 12.8 Å². The predicted octanol–water partition coefficient (Wildman–Crippen LogP) is 4.25. The van der Waals surface area contributed by atoms with Crippen LogP contribution in [0.4, 0.5) is 8.78 Å². The van der Waals surface area contributed by atoms with Crippen LogP contribution in [0.5, 0.6) is 11.5 Å². The maximum Gasteiger partial charge on any atom is 0.387 e. The number of rotatable bonds is 10. The molecule has 5 nitrogen and oxygen atoms in total. The number of ether oxygens (including phenoxy) is 2. The number of hydrogen-bond donors (Lipinski definition) is 2. The summed E-state index contributed by atoms with van der Waals surface area (Å²) < 4.78 is 34.6. The molecule has 0 unspecified atom stereocenters. The Labute approximate surface area is 187 Å². The molecule has 0 fully saturated rings. The van der Waals surface area contributed by atoms with Gasteiger partial charge in [0.25, 0.3) is 0 Å². The molecule has 0 aliphatic heterocycles. The lowest BCUT2D eigenvalue weighted by Crippen LogP contribution is -2.38. The molecular formula is C21H28F2IN3O2. The molecule has 0 aromatic heterocycles. The van der Waals surface area contributed by atoms with Crippen molar-refractivity contribution in [3.8, 4) is 11.5 Å². The van der Waals surface area contributed by atoms with E-state index in [1.165, 1.54) is 12.7 Å². The SMILES string of the molecule is CN=C(NCCCc1ccccc1)NCCc1ccc(OC)c(OC(F)F)c1.I. The Bertz CT molecular complexity index is 746. The number of nitrogens with zero attached hydrogens (tertiary/aromatic N) is 1. The van der Waals surface area contributed by atoms with Gasteiger partial charge in [-0.25, -0.2) is 0 Å². The highest BCUT2D eigenvalue weighted by Crippen LogP contribution is 2.29. The molecule has 0 bridgehead atoms. The van der Waals surface area contributed by atoms with Gasteiger partial charge in [0.1, 0.15) is 0 Å². The standard InChI is InChI=1S/C21H27F2N3O2.HI/c1-24-21(25-13-6-9-16-7-4-3-5-8-16)26-14-12-17-10-11-18(27-2)19(15-17)28-20(22)23;/h3-5,7-8,10-11,15,20H,6,9,12-14H2,1-2H3,(H2,24,25,26);1H. The highest BCUT2D eigenvalue weighted by molar-refractivity contribution is 14.0. The number of aliphatic imine (C=N–C) groups is 1. The van der Waals surface area contributed by atoms with Gasteiger partial charge in [-0.1, -0.05) is 36.4 Å². The van der Waals surface area contributed by atoms with Gasteiger partial charge in [0.05, 0.1) is 7.11 Å². The third kappa shape index (κ3) is 9.29. The van der Waals surface area contributed by atoms with Crippen LogP contribution in [0, 0.1) is 0 Å². The molecule has 0 saturated heterocycles. The topological polar surface area (TPSA) is 54.9 Å². The van der Waals surface area contributed by atoms with Crippen molar-refractivity contribution in [2.24, 2.45) is 4.99 Å². The molecule has 0 radical (unpaired) electrons. The van der Waals surface area contributed by atoms with Crippen molar-refractivity contribution in [1.29, 1.82) is 0 Å². The largest absolute Gasteiger partial charge is 0.493 e. The van der Waals surface area contributed by atoms with Crippen LogP contribution in [0.1, 0.15) is 17.5 Å². The Morgan fingerprint density at radius 3 is 2.34 bits per heavy atom. The summed E-state index contributed by atoms with van der Waals surface area (Å²) in [4.78, 5) is 4.20. The second kappa shape index (κ2) is 14.0. The molecular weight excluding hydrogens is 491 g/mol. The van der Waals surface area contributed by atoms with Crippen LogP contribution in [0.15, 0.2) is 53.5 Å². The molecule has 0 spiro atoms. The first-order valence-corrected chi connectivity index (χ1v) is 9.22. The highest BCUT2D eigenvalue weighted by atomic mass is 127.